The maximum absolute atomic E-state index is 13.7. The van der Waals surface area contributed by atoms with Gasteiger partial charge in [-0.2, -0.15) is 5.10 Å². The number of benzene rings is 2. The average Bonchev–Trinajstić information content (AvgIpc) is 3.22. The molecule has 0 aliphatic rings. The van der Waals surface area contributed by atoms with Crippen LogP contribution in [0.5, 0.6) is 11.5 Å². The van der Waals surface area contributed by atoms with Gasteiger partial charge in [0.2, 0.25) is 5.91 Å². The Hall–Kier alpha value is -4.28. The third kappa shape index (κ3) is 4.26. The van der Waals surface area contributed by atoms with Crippen LogP contribution in [0.1, 0.15) is 5.69 Å². The highest BCUT2D eigenvalue weighted by Crippen LogP contribution is 2.34. The van der Waals surface area contributed by atoms with E-state index in [0.717, 1.165) is 6.07 Å². The minimum atomic E-state index is -1.12. The third-order valence-corrected chi connectivity index (χ3v) is 4.59. The highest BCUT2D eigenvalue weighted by molar-refractivity contribution is 5.96. The van der Waals surface area contributed by atoms with Gasteiger partial charge in [-0.15, -0.1) is 0 Å². The standard InChI is InChI=1S/C21H18F2N6O3/c1-31-12-8-15-19(16(9-12)32-2)21(25-10-24-15)27-17-6-11(28-29-17)7-18(30)26-14-5-3-4-13(22)20(14)23/h3-6,8-10H,7H2,1-2H3,(H,26,30)(H2,24,25,27,28,29). The molecule has 0 fully saturated rings. The van der Waals surface area contributed by atoms with Crippen molar-refractivity contribution in [3.05, 3.63) is 60.1 Å². The van der Waals surface area contributed by atoms with E-state index in [2.05, 4.69) is 30.8 Å². The number of halogens is 2. The number of methoxy groups -OCH3 is 2. The zero-order valence-electron chi connectivity index (χ0n) is 17.1. The molecule has 0 bridgehead atoms. The number of carbonyl (C=O) groups is 1. The SMILES string of the molecule is COc1cc(OC)c2c(Nc3cc(CC(=O)Nc4cccc(F)c4F)[nH]n3)ncnc2c1. The van der Waals surface area contributed by atoms with Crippen molar-refractivity contribution in [1.29, 1.82) is 0 Å². The Morgan fingerprint density at radius 1 is 1.12 bits per heavy atom. The molecule has 0 saturated carbocycles. The number of aromatic nitrogens is 4. The number of fused-ring (bicyclic) bond motifs is 1. The first kappa shape index (κ1) is 21.0. The molecule has 3 N–H and O–H groups in total. The van der Waals surface area contributed by atoms with Crippen LogP contribution in [0.3, 0.4) is 0 Å². The van der Waals surface area contributed by atoms with Gasteiger partial charge in [-0.05, 0) is 12.1 Å². The van der Waals surface area contributed by atoms with E-state index < -0.39 is 17.5 Å². The van der Waals surface area contributed by atoms with Gasteiger partial charge in [-0.25, -0.2) is 18.7 Å². The van der Waals surface area contributed by atoms with E-state index in [1.165, 1.54) is 25.6 Å². The summed E-state index contributed by atoms with van der Waals surface area (Å²) in [5, 5.41) is 12.9. The van der Waals surface area contributed by atoms with Gasteiger partial charge in [-0.3, -0.25) is 9.89 Å². The maximum Gasteiger partial charge on any atom is 0.230 e. The number of H-pyrrole nitrogens is 1. The van der Waals surface area contributed by atoms with Crippen molar-refractivity contribution < 1.29 is 23.0 Å². The lowest BCUT2D eigenvalue weighted by molar-refractivity contribution is -0.115. The molecule has 0 atom stereocenters. The maximum atomic E-state index is 13.7. The van der Waals surface area contributed by atoms with Crippen molar-refractivity contribution in [2.45, 2.75) is 6.42 Å². The van der Waals surface area contributed by atoms with E-state index in [9.17, 15) is 13.6 Å². The number of nitrogens with zero attached hydrogens (tertiary/aromatic N) is 3. The van der Waals surface area contributed by atoms with E-state index in [4.69, 9.17) is 9.47 Å². The first-order valence-electron chi connectivity index (χ1n) is 9.40. The fourth-order valence-electron chi connectivity index (χ4n) is 3.11. The van der Waals surface area contributed by atoms with Crippen LogP contribution in [0.25, 0.3) is 10.9 Å². The number of carbonyl (C=O) groups excluding carboxylic acids is 1. The van der Waals surface area contributed by atoms with E-state index in [1.807, 2.05) is 0 Å². The first-order valence-corrected chi connectivity index (χ1v) is 9.40. The molecule has 2 aromatic heterocycles. The Labute approximate surface area is 180 Å². The molecule has 32 heavy (non-hydrogen) atoms. The van der Waals surface area contributed by atoms with Gasteiger partial charge in [0.05, 0.1) is 37.2 Å². The molecule has 2 heterocycles. The average molecular weight is 440 g/mol. The fourth-order valence-corrected chi connectivity index (χ4v) is 3.11. The Kier molecular flexibility index (Phi) is 5.79. The lowest BCUT2D eigenvalue weighted by atomic mass is 10.2. The number of aromatic amines is 1. The molecule has 11 heteroatoms. The summed E-state index contributed by atoms with van der Waals surface area (Å²) < 4.78 is 37.7. The van der Waals surface area contributed by atoms with Crippen LogP contribution in [0.2, 0.25) is 0 Å². The van der Waals surface area contributed by atoms with E-state index in [0.29, 0.717) is 39.7 Å². The summed E-state index contributed by atoms with van der Waals surface area (Å²) in [6.45, 7) is 0. The van der Waals surface area contributed by atoms with Crippen molar-refractivity contribution in [2.75, 3.05) is 24.9 Å². The number of rotatable bonds is 7. The highest BCUT2D eigenvalue weighted by Gasteiger charge is 2.15. The predicted octanol–water partition coefficient (Wildman–Crippen LogP) is 3.57. The Morgan fingerprint density at radius 3 is 2.75 bits per heavy atom. The molecule has 4 aromatic rings. The quantitative estimate of drug-likeness (QED) is 0.403. The zero-order chi connectivity index (χ0) is 22.7. The second-order valence-corrected chi connectivity index (χ2v) is 6.68. The van der Waals surface area contributed by atoms with Crippen molar-refractivity contribution in [3.8, 4) is 11.5 Å². The third-order valence-electron chi connectivity index (χ3n) is 4.59. The van der Waals surface area contributed by atoms with Crippen molar-refractivity contribution in [1.82, 2.24) is 20.2 Å². The van der Waals surface area contributed by atoms with Crippen LogP contribution in [0, 0.1) is 11.6 Å². The minimum Gasteiger partial charge on any atom is -0.497 e. The molecule has 2 aromatic carbocycles. The molecular weight excluding hydrogens is 422 g/mol. The van der Waals surface area contributed by atoms with Crippen LogP contribution in [0.4, 0.5) is 26.1 Å². The van der Waals surface area contributed by atoms with Gasteiger partial charge >= 0.3 is 0 Å². The van der Waals surface area contributed by atoms with Gasteiger partial charge in [0.1, 0.15) is 23.6 Å². The number of amides is 1. The van der Waals surface area contributed by atoms with E-state index in [-0.39, 0.29) is 12.1 Å². The number of hydrogen-bond donors (Lipinski definition) is 3. The van der Waals surface area contributed by atoms with Gasteiger partial charge in [0.25, 0.3) is 0 Å². The largest absolute Gasteiger partial charge is 0.497 e. The van der Waals surface area contributed by atoms with Crippen molar-refractivity contribution in [2.24, 2.45) is 0 Å². The van der Waals surface area contributed by atoms with Crippen LogP contribution in [-0.4, -0.2) is 40.3 Å². The molecule has 0 aliphatic carbocycles. The molecular formula is C21H18F2N6O3. The Balaban J connectivity index is 1.52. The molecule has 164 valence electrons. The van der Waals surface area contributed by atoms with Crippen LogP contribution < -0.4 is 20.1 Å². The van der Waals surface area contributed by atoms with Gasteiger partial charge in [-0.1, -0.05) is 6.07 Å². The Bertz CT molecular complexity index is 1290. The number of hydrogen-bond acceptors (Lipinski definition) is 7. The summed E-state index contributed by atoms with van der Waals surface area (Å²) in [6.07, 6.45) is 1.26. The van der Waals surface area contributed by atoms with Crippen molar-refractivity contribution in [3.63, 3.8) is 0 Å². The summed E-state index contributed by atoms with van der Waals surface area (Å²) in [5.74, 6) is -0.765. The summed E-state index contributed by atoms with van der Waals surface area (Å²) in [5.41, 5.74) is 0.822. The van der Waals surface area contributed by atoms with Gasteiger partial charge in [0, 0.05) is 23.9 Å². The van der Waals surface area contributed by atoms with Crippen LogP contribution in [-0.2, 0) is 11.2 Å². The smallest absolute Gasteiger partial charge is 0.230 e. The highest BCUT2D eigenvalue weighted by atomic mass is 19.2. The molecule has 1 amide bonds. The molecule has 9 nitrogen and oxygen atoms in total. The lowest BCUT2D eigenvalue weighted by Crippen LogP contribution is -2.16. The van der Waals surface area contributed by atoms with Crippen LogP contribution in [0.15, 0.2) is 42.7 Å². The molecule has 4 rings (SSSR count). The fraction of sp³-hybridized carbons (Fsp3) is 0.143. The molecule has 0 unspecified atom stereocenters. The molecule has 0 radical (unpaired) electrons. The zero-order valence-corrected chi connectivity index (χ0v) is 17.1. The van der Waals surface area contributed by atoms with Gasteiger partial charge < -0.3 is 20.1 Å². The summed E-state index contributed by atoms with van der Waals surface area (Å²) in [7, 11) is 3.07. The van der Waals surface area contributed by atoms with Crippen LogP contribution >= 0.6 is 0 Å². The molecule has 0 spiro atoms. The Morgan fingerprint density at radius 2 is 1.97 bits per heavy atom. The number of ether oxygens (including phenoxy) is 2. The molecule has 0 saturated heterocycles. The minimum absolute atomic E-state index is 0.129. The summed E-state index contributed by atoms with van der Waals surface area (Å²) >= 11 is 0. The van der Waals surface area contributed by atoms with E-state index >= 15 is 0 Å². The normalized spacial score (nSPS) is 10.8. The lowest BCUT2D eigenvalue weighted by Gasteiger charge is -2.11. The second-order valence-electron chi connectivity index (χ2n) is 6.68. The topological polar surface area (TPSA) is 114 Å². The van der Waals surface area contributed by atoms with Crippen molar-refractivity contribution >= 4 is 34.1 Å². The summed E-state index contributed by atoms with van der Waals surface area (Å²) in [6, 6.07) is 8.62. The summed E-state index contributed by atoms with van der Waals surface area (Å²) in [4.78, 5) is 20.7. The van der Waals surface area contributed by atoms with Gasteiger partial charge in [0.15, 0.2) is 17.5 Å². The predicted molar refractivity (Wildman–Crippen MR) is 113 cm³/mol. The second kappa shape index (κ2) is 8.84. The first-order chi connectivity index (χ1) is 15.5. The molecule has 0 aliphatic heterocycles. The number of anilines is 3. The monoisotopic (exact) mass is 440 g/mol. The number of nitrogens with one attached hydrogen (secondary N) is 3. The van der Waals surface area contributed by atoms with E-state index in [1.54, 1.807) is 25.3 Å².